The first kappa shape index (κ1) is 62.3. The highest BCUT2D eigenvalue weighted by Crippen LogP contribution is 2.33. The Morgan fingerprint density at radius 3 is 1.34 bits per heavy atom. The standard InChI is InChI=1S/C51H91NO18/c1-3-4-5-6-7-8-9-10-11-12-13-14-15-16-17-18-19-20-21-22-23-24-25-26-27-28-29-36(57)35(52-34(2)56)33-65-49-45(63)42(60)47(38(31-54)67-49)70-51-46(64)43(61)48(39(32-55)68-51)69-50-44(62)41(59)40(58)37(30-53)66-50/h20-21,24-25,28-29,35-51,53-55,57-64H,3-19,22-23,26-27,30-33H2,1-2H3,(H,52,56)/b21-20+,25-24+,29-28+. The molecule has 1 amide bonds. The van der Waals surface area contributed by atoms with Crippen LogP contribution in [0, 0.1) is 0 Å². The molecule has 17 atom stereocenters. The lowest BCUT2D eigenvalue weighted by molar-refractivity contribution is -0.379. The van der Waals surface area contributed by atoms with Crippen molar-refractivity contribution in [2.75, 3.05) is 26.4 Å². The lowest BCUT2D eigenvalue weighted by Crippen LogP contribution is -2.66. The average Bonchev–Trinajstić information content (AvgIpc) is 3.35. The molecule has 0 spiro atoms. The van der Waals surface area contributed by atoms with Gasteiger partial charge in [-0.2, -0.15) is 0 Å². The second-order valence-electron chi connectivity index (χ2n) is 19.1. The minimum atomic E-state index is -1.98. The van der Waals surface area contributed by atoms with Gasteiger partial charge in [0.05, 0.1) is 38.6 Å². The first-order valence-electron chi connectivity index (χ1n) is 26.2. The summed E-state index contributed by atoms with van der Waals surface area (Å²) in [6.45, 7) is 0.706. The molecule has 12 N–H and O–H groups in total. The maximum absolute atomic E-state index is 12.0. The van der Waals surface area contributed by atoms with Gasteiger partial charge in [-0.3, -0.25) is 4.79 Å². The van der Waals surface area contributed by atoms with Crippen LogP contribution in [0.2, 0.25) is 0 Å². The van der Waals surface area contributed by atoms with Crippen LogP contribution in [-0.4, -0.2) is 193 Å². The van der Waals surface area contributed by atoms with E-state index in [1.54, 1.807) is 6.08 Å². The molecule has 0 saturated carbocycles. The summed E-state index contributed by atoms with van der Waals surface area (Å²) in [5, 5.41) is 118. The molecule has 0 bridgehead atoms. The Hall–Kier alpha value is -1.99. The fraction of sp³-hybridized carbons (Fsp3) is 0.863. The third-order valence-corrected chi connectivity index (χ3v) is 13.2. The third-order valence-electron chi connectivity index (χ3n) is 13.2. The van der Waals surface area contributed by atoms with E-state index in [-0.39, 0.29) is 6.61 Å². The second kappa shape index (κ2) is 36.0. The molecule has 19 nitrogen and oxygen atoms in total. The predicted octanol–water partition coefficient (Wildman–Crippen LogP) is 2.20. The van der Waals surface area contributed by atoms with Crippen LogP contribution in [0.4, 0.5) is 0 Å². The molecule has 3 rings (SSSR count). The molecule has 0 aromatic carbocycles. The smallest absolute Gasteiger partial charge is 0.217 e. The van der Waals surface area contributed by atoms with Gasteiger partial charge in [0.15, 0.2) is 18.9 Å². The van der Waals surface area contributed by atoms with E-state index >= 15 is 0 Å². The number of hydrogen-bond donors (Lipinski definition) is 12. The van der Waals surface area contributed by atoms with Crippen LogP contribution in [-0.2, 0) is 33.2 Å². The molecule has 3 aliphatic heterocycles. The van der Waals surface area contributed by atoms with Gasteiger partial charge in [-0.05, 0) is 38.5 Å². The number of aliphatic hydroxyl groups is 11. The number of carbonyl (C=O) groups excluding carboxylic acids is 1. The number of rotatable bonds is 36. The summed E-state index contributed by atoms with van der Waals surface area (Å²) in [5.74, 6) is -0.467. The van der Waals surface area contributed by atoms with Crippen LogP contribution >= 0.6 is 0 Å². The van der Waals surface area contributed by atoms with Gasteiger partial charge >= 0.3 is 0 Å². The van der Waals surface area contributed by atoms with Crippen molar-refractivity contribution in [1.82, 2.24) is 5.32 Å². The summed E-state index contributed by atoms with van der Waals surface area (Å²) in [4.78, 5) is 12.0. The molecule has 70 heavy (non-hydrogen) atoms. The predicted molar refractivity (Wildman–Crippen MR) is 259 cm³/mol. The molecular formula is C51H91NO18. The third kappa shape index (κ3) is 21.8. The van der Waals surface area contributed by atoms with E-state index in [1.807, 2.05) is 0 Å². The highest BCUT2D eigenvalue weighted by atomic mass is 16.8. The van der Waals surface area contributed by atoms with Crippen LogP contribution in [0.1, 0.15) is 149 Å². The molecule has 3 saturated heterocycles. The number of allylic oxidation sites excluding steroid dienone is 5. The van der Waals surface area contributed by atoms with E-state index in [0.717, 1.165) is 25.7 Å². The molecule has 19 heteroatoms. The Morgan fingerprint density at radius 2 is 0.886 bits per heavy atom. The largest absolute Gasteiger partial charge is 0.394 e. The van der Waals surface area contributed by atoms with Crippen LogP contribution in [0.25, 0.3) is 0 Å². The Labute approximate surface area is 415 Å². The number of amides is 1. The molecule has 17 unspecified atom stereocenters. The minimum absolute atomic E-state index is 0.388. The van der Waals surface area contributed by atoms with Gasteiger partial charge < -0.3 is 89.9 Å². The van der Waals surface area contributed by atoms with E-state index in [4.69, 9.17) is 28.4 Å². The second-order valence-corrected chi connectivity index (χ2v) is 19.1. The van der Waals surface area contributed by atoms with E-state index in [1.165, 1.54) is 116 Å². The zero-order valence-electron chi connectivity index (χ0n) is 41.7. The monoisotopic (exact) mass is 1010 g/mol. The summed E-state index contributed by atoms with van der Waals surface area (Å²) in [7, 11) is 0. The van der Waals surface area contributed by atoms with Crippen molar-refractivity contribution in [3.63, 3.8) is 0 Å². The van der Waals surface area contributed by atoms with Gasteiger partial charge in [-0.25, -0.2) is 0 Å². The average molecular weight is 1010 g/mol. The quantitative estimate of drug-likeness (QED) is 0.0316. The van der Waals surface area contributed by atoms with Crippen molar-refractivity contribution in [3.05, 3.63) is 36.5 Å². The van der Waals surface area contributed by atoms with Crippen molar-refractivity contribution in [3.8, 4) is 0 Å². The summed E-state index contributed by atoms with van der Waals surface area (Å²) in [5.41, 5.74) is 0. The SMILES string of the molecule is CCCCCCCCCCCCCCCCCC/C=C/CC/C=C/CC/C=C/C(O)C(COC1OC(CO)C(OC2OC(CO)C(OC3OC(CO)C(O)C(O)C3O)C(O)C2O)C(O)C1O)NC(C)=O. The van der Waals surface area contributed by atoms with Gasteiger partial charge in [-0.1, -0.05) is 140 Å². The van der Waals surface area contributed by atoms with Crippen molar-refractivity contribution in [2.45, 2.75) is 253 Å². The summed E-state index contributed by atoms with van der Waals surface area (Å²) in [6.07, 6.45) is 11.5. The van der Waals surface area contributed by atoms with Crippen molar-refractivity contribution in [2.24, 2.45) is 0 Å². The zero-order chi connectivity index (χ0) is 51.3. The Bertz CT molecular complexity index is 1440. The zero-order valence-corrected chi connectivity index (χ0v) is 41.7. The van der Waals surface area contributed by atoms with Gasteiger partial charge in [0.2, 0.25) is 5.91 Å². The normalized spacial score (nSPS) is 32.8. The lowest BCUT2D eigenvalue weighted by Gasteiger charge is -2.48. The van der Waals surface area contributed by atoms with Crippen LogP contribution < -0.4 is 5.32 Å². The molecular weight excluding hydrogens is 915 g/mol. The molecule has 0 aliphatic carbocycles. The number of unbranched alkanes of at least 4 members (excludes halogenated alkanes) is 18. The number of nitrogens with one attached hydrogen (secondary N) is 1. The van der Waals surface area contributed by atoms with Crippen LogP contribution in [0.3, 0.4) is 0 Å². The van der Waals surface area contributed by atoms with E-state index in [9.17, 15) is 61.0 Å². The highest BCUT2D eigenvalue weighted by Gasteiger charge is 2.53. The van der Waals surface area contributed by atoms with Gasteiger partial charge in [0.25, 0.3) is 0 Å². The van der Waals surface area contributed by atoms with Crippen molar-refractivity contribution in [1.29, 1.82) is 0 Å². The van der Waals surface area contributed by atoms with Crippen molar-refractivity contribution >= 4 is 5.91 Å². The van der Waals surface area contributed by atoms with Gasteiger partial charge in [-0.15, -0.1) is 0 Å². The molecule has 0 aromatic heterocycles. The first-order chi connectivity index (χ1) is 33.8. The van der Waals surface area contributed by atoms with Crippen LogP contribution in [0.5, 0.6) is 0 Å². The minimum Gasteiger partial charge on any atom is -0.394 e. The summed E-state index contributed by atoms with van der Waals surface area (Å²) >= 11 is 0. The Balaban J connectivity index is 1.33. The maximum Gasteiger partial charge on any atom is 0.217 e. The highest BCUT2D eigenvalue weighted by molar-refractivity contribution is 5.73. The van der Waals surface area contributed by atoms with Gasteiger partial charge in [0, 0.05) is 6.92 Å². The number of aliphatic hydroxyl groups excluding tert-OH is 11. The van der Waals surface area contributed by atoms with Crippen LogP contribution in [0.15, 0.2) is 36.5 Å². The number of hydrogen-bond acceptors (Lipinski definition) is 18. The number of carbonyl (C=O) groups is 1. The summed E-state index contributed by atoms with van der Waals surface area (Å²) in [6, 6.07) is -0.995. The topological polar surface area (TPSA) is 307 Å². The molecule has 3 fully saturated rings. The van der Waals surface area contributed by atoms with E-state index < -0.39 is 130 Å². The maximum atomic E-state index is 12.0. The molecule has 3 heterocycles. The molecule has 3 aliphatic rings. The molecule has 0 aromatic rings. The van der Waals surface area contributed by atoms with Crippen molar-refractivity contribution < 1.29 is 89.4 Å². The Morgan fingerprint density at radius 1 is 0.500 bits per heavy atom. The van der Waals surface area contributed by atoms with Gasteiger partial charge in [0.1, 0.15) is 73.2 Å². The summed E-state index contributed by atoms with van der Waals surface area (Å²) < 4.78 is 33.6. The Kier molecular flexibility index (Phi) is 32.1. The molecule has 408 valence electrons. The fourth-order valence-corrected chi connectivity index (χ4v) is 8.90. The van der Waals surface area contributed by atoms with E-state index in [2.05, 4.69) is 36.5 Å². The fourth-order valence-electron chi connectivity index (χ4n) is 8.90. The lowest BCUT2D eigenvalue weighted by atomic mass is 9.96. The van der Waals surface area contributed by atoms with E-state index in [0.29, 0.717) is 6.42 Å². The number of ether oxygens (including phenoxy) is 6. The molecule has 0 radical (unpaired) electrons. The first-order valence-corrected chi connectivity index (χ1v) is 26.2.